The van der Waals surface area contributed by atoms with Crippen LogP contribution in [-0.2, 0) is 0 Å². The highest BCUT2D eigenvalue weighted by Crippen LogP contribution is 2.31. The lowest BCUT2D eigenvalue weighted by molar-refractivity contribution is 0.183. The van der Waals surface area contributed by atoms with Crippen LogP contribution in [0.3, 0.4) is 0 Å². The molecule has 0 radical (unpaired) electrons. The van der Waals surface area contributed by atoms with Crippen molar-refractivity contribution in [3.8, 4) is 5.75 Å². The van der Waals surface area contributed by atoms with Gasteiger partial charge in [0.25, 0.3) is 0 Å². The maximum absolute atomic E-state index is 5.86. The van der Waals surface area contributed by atoms with Crippen molar-refractivity contribution >= 4 is 23.1 Å². The Morgan fingerprint density at radius 3 is 2.29 bits per heavy atom. The van der Waals surface area contributed by atoms with E-state index in [2.05, 4.69) is 17.0 Å². The molecular formula is C19H25N3OS. The molecule has 1 fully saturated rings. The van der Waals surface area contributed by atoms with Gasteiger partial charge < -0.3 is 16.2 Å². The van der Waals surface area contributed by atoms with Crippen LogP contribution in [-0.4, -0.2) is 31.1 Å². The Labute approximate surface area is 148 Å². The number of nitrogen functional groups attached to an aromatic ring is 2. The van der Waals surface area contributed by atoms with Gasteiger partial charge in [-0.05, 0) is 68.4 Å². The summed E-state index contributed by atoms with van der Waals surface area (Å²) in [5, 5.41) is 0. The highest BCUT2D eigenvalue weighted by Gasteiger charge is 2.09. The van der Waals surface area contributed by atoms with E-state index in [1.54, 1.807) is 11.8 Å². The van der Waals surface area contributed by atoms with Crippen LogP contribution in [0.25, 0.3) is 0 Å². The summed E-state index contributed by atoms with van der Waals surface area (Å²) in [4.78, 5) is 4.72. The molecule has 24 heavy (non-hydrogen) atoms. The largest absolute Gasteiger partial charge is 0.492 e. The van der Waals surface area contributed by atoms with E-state index < -0.39 is 0 Å². The predicted molar refractivity (Wildman–Crippen MR) is 102 cm³/mol. The molecule has 0 aromatic heterocycles. The number of piperidine rings is 1. The first kappa shape index (κ1) is 17.0. The third kappa shape index (κ3) is 4.82. The van der Waals surface area contributed by atoms with Crippen LogP contribution in [0, 0.1) is 0 Å². The van der Waals surface area contributed by atoms with E-state index in [1.165, 1.54) is 32.4 Å². The van der Waals surface area contributed by atoms with Gasteiger partial charge in [0.1, 0.15) is 12.4 Å². The number of nitrogens with two attached hydrogens (primary N) is 2. The molecule has 4 N–H and O–H groups in total. The zero-order valence-corrected chi connectivity index (χ0v) is 14.7. The molecule has 1 heterocycles. The second kappa shape index (κ2) is 8.31. The fourth-order valence-electron chi connectivity index (χ4n) is 2.83. The number of anilines is 2. The molecule has 3 rings (SSSR count). The molecule has 2 aromatic rings. The minimum atomic E-state index is 0.622. The average molecular weight is 343 g/mol. The lowest BCUT2D eigenvalue weighted by atomic mass is 10.1. The van der Waals surface area contributed by atoms with Crippen molar-refractivity contribution in [1.29, 1.82) is 0 Å². The van der Waals surface area contributed by atoms with Gasteiger partial charge in [0.2, 0.25) is 0 Å². The van der Waals surface area contributed by atoms with Crippen molar-refractivity contribution in [1.82, 2.24) is 4.90 Å². The fraction of sp³-hybridized carbons (Fsp3) is 0.368. The minimum absolute atomic E-state index is 0.622. The van der Waals surface area contributed by atoms with Crippen molar-refractivity contribution < 1.29 is 4.74 Å². The molecule has 0 aliphatic carbocycles. The number of likely N-dealkylation sites (tertiary alicyclic amines) is 1. The quantitative estimate of drug-likeness (QED) is 0.780. The number of nitrogens with zero attached hydrogens (tertiary/aromatic N) is 1. The number of rotatable bonds is 6. The molecule has 0 saturated carbocycles. The normalized spacial score (nSPS) is 15.3. The topological polar surface area (TPSA) is 64.5 Å². The van der Waals surface area contributed by atoms with Gasteiger partial charge in [-0.3, -0.25) is 4.90 Å². The Kier molecular flexibility index (Phi) is 5.88. The first-order valence-electron chi connectivity index (χ1n) is 8.49. The Balaban J connectivity index is 1.48. The summed E-state index contributed by atoms with van der Waals surface area (Å²) in [5.41, 5.74) is 12.8. The molecule has 0 atom stereocenters. The Bertz CT molecular complexity index is 654. The Hall–Kier alpha value is -1.85. The molecule has 1 aliphatic rings. The second-order valence-electron chi connectivity index (χ2n) is 6.11. The van der Waals surface area contributed by atoms with Gasteiger partial charge in [-0.25, -0.2) is 0 Å². The number of benzene rings is 2. The van der Waals surface area contributed by atoms with Crippen molar-refractivity contribution in [3.05, 3.63) is 42.5 Å². The van der Waals surface area contributed by atoms with Gasteiger partial charge in [0, 0.05) is 16.3 Å². The third-order valence-electron chi connectivity index (χ3n) is 4.24. The standard InChI is InChI=1S/C19H25N3OS/c20-18-9-8-17(14-19(18)21)24-16-6-4-15(5-7-16)23-13-12-22-10-2-1-3-11-22/h4-9,14H,1-3,10-13,20-21H2. The fourth-order valence-corrected chi connectivity index (χ4v) is 3.70. The molecule has 0 bridgehead atoms. The predicted octanol–water partition coefficient (Wildman–Crippen LogP) is 3.87. The summed E-state index contributed by atoms with van der Waals surface area (Å²) in [7, 11) is 0. The minimum Gasteiger partial charge on any atom is -0.492 e. The summed E-state index contributed by atoms with van der Waals surface area (Å²) < 4.78 is 5.86. The molecule has 128 valence electrons. The van der Waals surface area contributed by atoms with E-state index in [-0.39, 0.29) is 0 Å². The molecular weight excluding hydrogens is 318 g/mol. The van der Waals surface area contributed by atoms with Crippen LogP contribution < -0.4 is 16.2 Å². The van der Waals surface area contributed by atoms with Crippen LogP contribution in [0.15, 0.2) is 52.3 Å². The highest BCUT2D eigenvalue weighted by atomic mass is 32.2. The van der Waals surface area contributed by atoms with Crippen LogP contribution in [0.5, 0.6) is 5.75 Å². The van der Waals surface area contributed by atoms with Gasteiger partial charge in [0.15, 0.2) is 0 Å². The van der Waals surface area contributed by atoms with Crippen LogP contribution in [0.1, 0.15) is 19.3 Å². The van der Waals surface area contributed by atoms with Crippen molar-refractivity contribution in [2.45, 2.75) is 29.1 Å². The van der Waals surface area contributed by atoms with Crippen molar-refractivity contribution in [2.24, 2.45) is 0 Å². The van der Waals surface area contributed by atoms with Gasteiger partial charge in [-0.1, -0.05) is 18.2 Å². The molecule has 2 aromatic carbocycles. The van der Waals surface area contributed by atoms with Gasteiger partial charge in [-0.15, -0.1) is 0 Å². The molecule has 1 aliphatic heterocycles. The molecule has 0 unspecified atom stereocenters. The SMILES string of the molecule is Nc1ccc(Sc2ccc(OCCN3CCCCC3)cc2)cc1N. The summed E-state index contributed by atoms with van der Waals surface area (Å²) in [6, 6.07) is 13.9. The second-order valence-corrected chi connectivity index (χ2v) is 7.26. The smallest absolute Gasteiger partial charge is 0.119 e. The highest BCUT2D eigenvalue weighted by molar-refractivity contribution is 7.99. The summed E-state index contributed by atoms with van der Waals surface area (Å²) in [6.45, 7) is 4.19. The van der Waals surface area contributed by atoms with Crippen LogP contribution >= 0.6 is 11.8 Å². The van der Waals surface area contributed by atoms with E-state index in [4.69, 9.17) is 16.2 Å². The molecule has 5 heteroatoms. The zero-order valence-electron chi connectivity index (χ0n) is 13.9. The number of hydrogen-bond acceptors (Lipinski definition) is 5. The van der Waals surface area contributed by atoms with Gasteiger partial charge in [0.05, 0.1) is 11.4 Å². The summed E-state index contributed by atoms with van der Waals surface area (Å²) >= 11 is 1.67. The third-order valence-corrected chi connectivity index (χ3v) is 5.24. The monoisotopic (exact) mass is 343 g/mol. The molecule has 4 nitrogen and oxygen atoms in total. The number of hydrogen-bond donors (Lipinski definition) is 2. The first-order valence-corrected chi connectivity index (χ1v) is 9.30. The maximum atomic E-state index is 5.86. The van der Waals surface area contributed by atoms with Crippen molar-refractivity contribution in [3.63, 3.8) is 0 Å². The van der Waals surface area contributed by atoms with Crippen LogP contribution in [0.2, 0.25) is 0 Å². The molecule has 0 amide bonds. The first-order chi connectivity index (χ1) is 11.7. The van der Waals surface area contributed by atoms with E-state index in [1.807, 2.05) is 30.3 Å². The van der Waals surface area contributed by atoms with Gasteiger partial charge in [-0.2, -0.15) is 0 Å². The van der Waals surface area contributed by atoms with Crippen molar-refractivity contribution in [2.75, 3.05) is 37.7 Å². The van der Waals surface area contributed by atoms with Crippen LogP contribution in [0.4, 0.5) is 11.4 Å². The maximum Gasteiger partial charge on any atom is 0.119 e. The Morgan fingerprint density at radius 2 is 1.58 bits per heavy atom. The lowest BCUT2D eigenvalue weighted by Gasteiger charge is -2.26. The van der Waals surface area contributed by atoms with E-state index in [0.29, 0.717) is 11.4 Å². The summed E-state index contributed by atoms with van der Waals surface area (Å²) in [6.07, 6.45) is 4.01. The number of ether oxygens (including phenoxy) is 1. The zero-order chi connectivity index (χ0) is 16.8. The Morgan fingerprint density at radius 1 is 0.875 bits per heavy atom. The lowest BCUT2D eigenvalue weighted by Crippen LogP contribution is -2.33. The van der Waals surface area contributed by atoms with Gasteiger partial charge >= 0.3 is 0 Å². The average Bonchev–Trinajstić information content (AvgIpc) is 2.61. The summed E-state index contributed by atoms with van der Waals surface area (Å²) in [5.74, 6) is 0.924. The van der Waals surface area contributed by atoms with E-state index in [0.717, 1.165) is 28.7 Å². The molecule has 0 spiro atoms. The van der Waals surface area contributed by atoms with E-state index >= 15 is 0 Å². The molecule has 1 saturated heterocycles. The van der Waals surface area contributed by atoms with E-state index in [9.17, 15) is 0 Å².